The summed E-state index contributed by atoms with van der Waals surface area (Å²) in [6.45, 7) is 1.92. The van der Waals surface area contributed by atoms with Gasteiger partial charge >= 0.3 is 0 Å². The van der Waals surface area contributed by atoms with Gasteiger partial charge < -0.3 is 20.9 Å². The number of hydrogen-bond acceptors (Lipinski definition) is 4. The lowest BCUT2D eigenvalue weighted by Crippen LogP contribution is -2.50. The number of hydrogen-bond donors (Lipinski definition) is 3. The summed E-state index contributed by atoms with van der Waals surface area (Å²) in [7, 11) is 0. The zero-order chi connectivity index (χ0) is 32.8. The number of halogens is 1. The highest BCUT2D eigenvalue weighted by Crippen LogP contribution is 2.28. The highest BCUT2D eigenvalue weighted by molar-refractivity contribution is 6.30. The van der Waals surface area contributed by atoms with E-state index in [1.165, 1.54) is 25.3 Å². The van der Waals surface area contributed by atoms with E-state index in [9.17, 15) is 14.4 Å². The molecule has 248 valence electrons. The molecule has 2 atom stereocenters. The second-order valence-electron chi connectivity index (χ2n) is 12.8. The maximum absolute atomic E-state index is 14.1. The van der Waals surface area contributed by atoms with Crippen LogP contribution in [-0.4, -0.2) is 60.9 Å². The molecule has 1 saturated heterocycles. The molecule has 1 aliphatic carbocycles. The molecule has 3 aromatic carbocycles. The molecule has 3 amide bonds. The molecule has 0 radical (unpaired) electrons. The van der Waals surface area contributed by atoms with Crippen LogP contribution in [0.5, 0.6) is 0 Å². The zero-order valence-corrected chi connectivity index (χ0v) is 27.8. The van der Waals surface area contributed by atoms with Gasteiger partial charge in [-0.25, -0.2) is 0 Å². The fourth-order valence-electron chi connectivity index (χ4n) is 6.73. The molecule has 0 spiro atoms. The molecule has 0 aromatic heterocycles. The van der Waals surface area contributed by atoms with Crippen molar-refractivity contribution in [2.24, 2.45) is 5.92 Å². The summed E-state index contributed by atoms with van der Waals surface area (Å²) < 4.78 is 0. The van der Waals surface area contributed by atoms with E-state index < -0.39 is 6.04 Å². The standard InChI is InChI=1S/C39H47ClN4O3/c40-33-19-16-29(17-20-33)18-21-37(45)42-27-34-23-25-44(28-35(31-12-6-2-7-13-31)32-14-8-3-9-15-32)39(47)36(43-34)22-24-41-38(46)26-30-10-4-1-5-11-30/h2-3,6-9,12-21,30,34-36,43H,1,4-5,10-11,22-28H2,(H,41,46)(H,42,45)/t34-,36-/m0/s1. The lowest BCUT2D eigenvalue weighted by molar-refractivity contribution is -0.133. The van der Waals surface area contributed by atoms with Gasteiger partial charge in [0.1, 0.15) is 0 Å². The third kappa shape index (κ3) is 10.8. The summed E-state index contributed by atoms with van der Waals surface area (Å²) in [6.07, 6.45) is 10.9. The second kappa shape index (κ2) is 17.8. The van der Waals surface area contributed by atoms with Gasteiger partial charge in [0.25, 0.3) is 0 Å². The Morgan fingerprint density at radius 1 is 0.872 bits per heavy atom. The van der Waals surface area contributed by atoms with Crippen LogP contribution in [0, 0.1) is 5.92 Å². The molecule has 1 aliphatic heterocycles. The van der Waals surface area contributed by atoms with Crippen LogP contribution in [0.2, 0.25) is 5.02 Å². The van der Waals surface area contributed by atoms with Crippen molar-refractivity contribution in [3.63, 3.8) is 0 Å². The summed E-state index contributed by atoms with van der Waals surface area (Å²) in [5.74, 6) is 0.381. The van der Waals surface area contributed by atoms with E-state index in [0.29, 0.717) is 56.4 Å². The third-order valence-corrected chi connectivity index (χ3v) is 9.63. The first-order valence-electron chi connectivity index (χ1n) is 17.1. The Bertz CT molecular complexity index is 1420. The van der Waals surface area contributed by atoms with Crippen LogP contribution < -0.4 is 16.0 Å². The van der Waals surface area contributed by atoms with E-state index >= 15 is 0 Å². The van der Waals surface area contributed by atoms with Crippen LogP contribution in [0.25, 0.3) is 6.08 Å². The Kier molecular flexibility index (Phi) is 13.0. The van der Waals surface area contributed by atoms with Crippen LogP contribution in [0.4, 0.5) is 0 Å². The van der Waals surface area contributed by atoms with Crippen molar-refractivity contribution in [1.29, 1.82) is 0 Å². The molecule has 8 heteroatoms. The average Bonchev–Trinajstić information content (AvgIpc) is 3.25. The van der Waals surface area contributed by atoms with Crippen molar-refractivity contribution < 1.29 is 14.4 Å². The molecule has 1 saturated carbocycles. The number of amides is 3. The van der Waals surface area contributed by atoms with Gasteiger partial charge in [-0.2, -0.15) is 0 Å². The predicted molar refractivity (Wildman–Crippen MR) is 189 cm³/mol. The minimum atomic E-state index is -0.480. The van der Waals surface area contributed by atoms with Gasteiger partial charge in [-0.1, -0.05) is 104 Å². The normalized spacial score (nSPS) is 19.1. The molecule has 47 heavy (non-hydrogen) atoms. The Hall–Kier alpha value is -3.94. The summed E-state index contributed by atoms with van der Waals surface area (Å²) in [5.41, 5.74) is 3.20. The fraction of sp³-hybridized carbons (Fsp3) is 0.410. The first kappa shape index (κ1) is 34.4. The van der Waals surface area contributed by atoms with E-state index in [2.05, 4.69) is 40.2 Å². The van der Waals surface area contributed by atoms with E-state index in [4.69, 9.17) is 11.6 Å². The maximum Gasteiger partial charge on any atom is 0.244 e. The molecule has 7 nitrogen and oxygen atoms in total. The molecular weight excluding hydrogens is 608 g/mol. The number of rotatable bonds is 13. The molecule has 0 bridgehead atoms. The lowest BCUT2D eigenvalue weighted by Gasteiger charge is -2.29. The molecule has 3 N–H and O–H groups in total. The van der Waals surface area contributed by atoms with Gasteiger partial charge in [0, 0.05) is 55.7 Å². The minimum Gasteiger partial charge on any atom is -0.356 e. The summed E-state index contributed by atoms with van der Waals surface area (Å²) >= 11 is 5.97. The number of carbonyl (C=O) groups excluding carboxylic acids is 3. The number of carbonyl (C=O) groups is 3. The second-order valence-corrected chi connectivity index (χ2v) is 13.3. The molecular formula is C39H47ClN4O3. The molecule has 2 aliphatic rings. The molecule has 5 rings (SSSR count). The van der Waals surface area contributed by atoms with Crippen molar-refractivity contribution >= 4 is 35.4 Å². The Balaban J connectivity index is 1.25. The van der Waals surface area contributed by atoms with Crippen molar-refractivity contribution in [2.75, 3.05) is 26.2 Å². The lowest BCUT2D eigenvalue weighted by atomic mass is 9.87. The summed E-state index contributed by atoms with van der Waals surface area (Å²) in [5, 5.41) is 10.3. The SMILES string of the molecule is O=C(C=Cc1ccc(Cl)cc1)NC[C@@H]1CCN(CC(c2ccccc2)c2ccccc2)C(=O)[C@H](CCNC(=O)CC2CCCCC2)N1. The topological polar surface area (TPSA) is 90.5 Å². The number of benzene rings is 3. The first-order chi connectivity index (χ1) is 22.9. The van der Waals surface area contributed by atoms with Crippen molar-refractivity contribution in [2.45, 2.75) is 69.4 Å². The molecule has 1 heterocycles. The van der Waals surface area contributed by atoms with Gasteiger partial charge in [-0.05, 0) is 66.5 Å². The zero-order valence-electron chi connectivity index (χ0n) is 27.1. The Labute approximate surface area is 284 Å². The van der Waals surface area contributed by atoms with Crippen LogP contribution in [0.1, 0.15) is 74.0 Å². The van der Waals surface area contributed by atoms with E-state index in [0.717, 1.165) is 29.5 Å². The highest BCUT2D eigenvalue weighted by atomic mass is 35.5. The largest absolute Gasteiger partial charge is 0.356 e. The maximum atomic E-state index is 14.1. The fourth-order valence-corrected chi connectivity index (χ4v) is 6.86. The van der Waals surface area contributed by atoms with Crippen LogP contribution in [-0.2, 0) is 14.4 Å². The van der Waals surface area contributed by atoms with Gasteiger partial charge in [-0.15, -0.1) is 0 Å². The average molecular weight is 655 g/mol. The van der Waals surface area contributed by atoms with E-state index in [1.54, 1.807) is 18.2 Å². The van der Waals surface area contributed by atoms with Crippen LogP contribution in [0.15, 0.2) is 91.0 Å². The van der Waals surface area contributed by atoms with Crippen molar-refractivity contribution in [3.8, 4) is 0 Å². The van der Waals surface area contributed by atoms with E-state index in [1.807, 2.05) is 53.4 Å². The van der Waals surface area contributed by atoms with E-state index in [-0.39, 0.29) is 29.7 Å². The predicted octanol–water partition coefficient (Wildman–Crippen LogP) is 6.34. The Morgan fingerprint density at radius 2 is 1.53 bits per heavy atom. The third-order valence-electron chi connectivity index (χ3n) is 9.37. The molecule has 0 unspecified atom stereocenters. The smallest absolute Gasteiger partial charge is 0.244 e. The van der Waals surface area contributed by atoms with Gasteiger partial charge in [0.05, 0.1) is 6.04 Å². The first-order valence-corrected chi connectivity index (χ1v) is 17.5. The summed E-state index contributed by atoms with van der Waals surface area (Å²) in [6, 6.07) is 27.3. The van der Waals surface area contributed by atoms with Crippen molar-refractivity contribution in [3.05, 3.63) is 113 Å². The summed E-state index contributed by atoms with van der Waals surface area (Å²) in [4.78, 5) is 41.6. The van der Waals surface area contributed by atoms with Gasteiger partial charge in [0.15, 0.2) is 0 Å². The van der Waals surface area contributed by atoms with Crippen LogP contribution >= 0.6 is 11.6 Å². The molecule has 2 fully saturated rings. The Morgan fingerprint density at radius 3 is 2.19 bits per heavy atom. The highest BCUT2D eigenvalue weighted by Gasteiger charge is 2.32. The van der Waals surface area contributed by atoms with Gasteiger partial charge in [-0.3, -0.25) is 14.4 Å². The van der Waals surface area contributed by atoms with Crippen molar-refractivity contribution in [1.82, 2.24) is 20.9 Å². The molecule has 3 aromatic rings. The monoisotopic (exact) mass is 654 g/mol. The minimum absolute atomic E-state index is 0.0199. The number of nitrogens with zero attached hydrogens (tertiary/aromatic N) is 1. The van der Waals surface area contributed by atoms with Gasteiger partial charge in [0.2, 0.25) is 17.7 Å². The van der Waals surface area contributed by atoms with Crippen LogP contribution in [0.3, 0.4) is 0 Å². The quantitative estimate of drug-likeness (QED) is 0.188. The number of nitrogens with one attached hydrogen (secondary N) is 3.